The molecule has 1 N–H and O–H groups in total. The molecule has 0 amide bonds. The molecule has 0 bridgehead atoms. The van der Waals surface area contributed by atoms with Crippen molar-refractivity contribution in [2.24, 2.45) is 11.8 Å². The van der Waals surface area contributed by atoms with Crippen LogP contribution in [0.3, 0.4) is 0 Å². The molecule has 0 spiro atoms. The number of nitrogens with one attached hydrogen (secondary N) is 1. The highest BCUT2D eigenvalue weighted by atomic mass is 16.3. The largest absolute Gasteiger partial charge is 0.459 e. The zero-order chi connectivity index (χ0) is 14.1. The van der Waals surface area contributed by atoms with Gasteiger partial charge in [-0.15, -0.1) is 0 Å². The van der Waals surface area contributed by atoms with E-state index in [1.54, 1.807) is 0 Å². The van der Waals surface area contributed by atoms with Crippen molar-refractivity contribution in [2.45, 2.75) is 46.1 Å². The SMILES string of the molecule is CCCNC(c1cc2cc(C)ccc2o1)C(C)C1CC1. The maximum absolute atomic E-state index is 6.12. The Kier molecular flexibility index (Phi) is 3.84. The first-order chi connectivity index (χ1) is 9.69. The van der Waals surface area contributed by atoms with Crippen molar-refractivity contribution in [3.63, 3.8) is 0 Å². The summed E-state index contributed by atoms with van der Waals surface area (Å²) in [6, 6.07) is 9.01. The molecule has 1 aliphatic rings. The van der Waals surface area contributed by atoms with Gasteiger partial charge in [0.15, 0.2) is 0 Å². The fourth-order valence-electron chi connectivity index (χ4n) is 3.08. The van der Waals surface area contributed by atoms with Gasteiger partial charge in [0.1, 0.15) is 11.3 Å². The zero-order valence-electron chi connectivity index (χ0n) is 12.8. The molecule has 1 heterocycles. The van der Waals surface area contributed by atoms with Crippen LogP contribution in [0.25, 0.3) is 11.0 Å². The van der Waals surface area contributed by atoms with E-state index in [9.17, 15) is 0 Å². The number of furan rings is 1. The van der Waals surface area contributed by atoms with Gasteiger partial charge in [-0.05, 0) is 62.8 Å². The number of fused-ring (bicyclic) bond motifs is 1. The Balaban J connectivity index is 1.90. The number of hydrogen-bond donors (Lipinski definition) is 1. The van der Waals surface area contributed by atoms with Crippen molar-refractivity contribution in [1.29, 1.82) is 0 Å². The second-order valence-corrected chi connectivity index (χ2v) is 6.32. The van der Waals surface area contributed by atoms with Crippen LogP contribution < -0.4 is 5.32 Å². The monoisotopic (exact) mass is 271 g/mol. The normalized spacial score (nSPS) is 18.4. The fraction of sp³-hybridized carbons (Fsp3) is 0.556. The third-order valence-corrected chi connectivity index (χ3v) is 4.50. The Hall–Kier alpha value is -1.28. The first kappa shape index (κ1) is 13.7. The van der Waals surface area contributed by atoms with E-state index in [1.807, 2.05) is 0 Å². The van der Waals surface area contributed by atoms with E-state index in [0.717, 1.165) is 30.2 Å². The first-order valence-electron chi connectivity index (χ1n) is 7.92. The van der Waals surface area contributed by atoms with Crippen LogP contribution >= 0.6 is 0 Å². The van der Waals surface area contributed by atoms with E-state index >= 15 is 0 Å². The number of benzene rings is 1. The minimum Gasteiger partial charge on any atom is -0.459 e. The van der Waals surface area contributed by atoms with E-state index < -0.39 is 0 Å². The Labute approximate surface area is 121 Å². The van der Waals surface area contributed by atoms with Gasteiger partial charge >= 0.3 is 0 Å². The highest BCUT2D eigenvalue weighted by molar-refractivity contribution is 5.78. The summed E-state index contributed by atoms with van der Waals surface area (Å²) in [7, 11) is 0. The first-order valence-corrected chi connectivity index (χ1v) is 7.92. The van der Waals surface area contributed by atoms with Gasteiger partial charge in [0.25, 0.3) is 0 Å². The minimum absolute atomic E-state index is 0.357. The van der Waals surface area contributed by atoms with Crippen LogP contribution in [0.2, 0.25) is 0 Å². The van der Waals surface area contributed by atoms with E-state index in [2.05, 4.69) is 50.4 Å². The van der Waals surface area contributed by atoms with Gasteiger partial charge in [-0.1, -0.05) is 25.5 Å². The molecule has 1 aromatic carbocycles. The maximum Gasteiger partial charge on any atom is 0.134 e. The van der Waals surface area contributed by atoms with Crippen LogP contribution in [0, 0.1) is 18.8 Å². The molecule has 0 aliphatic heterocycles. The van der Waals surface area contributed by atoms with Crippen LogP contribution in [0.15, 0.2) is 28.7 Å². The molecule has 20 heavy (non-hydrogen) atoms. The molecule has 1 aromatic heterocycles. The average Bonchev–Trinajstić information content (AvgIpc) is 3.20. The van der Waals surface area contributed by atoms with Gasteiger partial charge in [-0.3, -0.25) is 0 Å². The zero-order valence-corrected chi connectivity index (χ0v) is 12.8. The van der Waals surface area contributed by atoms with Crippen molar-refractivity contribution in [1.82, 2.24) is 5.32 Å². The smallest absolute Gasteiger partial charge is 0.134 e. The third-order valence-electron chi connectivity index (χ3n) is 4.50. The summed E-state index contributed by atoms with van der Waals surface area (Å²) in [6.45, 7) is 7.76. The van der Waals surface area contributed by atoms with E-state index in [1.165, 1.54) is 23.8 Å². The molecule has 2 nitrogen and oxygen atoms in total. The quantitative estimate of drug-likeness (QED) is 0.814. The molecule has 3 rings (SSSR count). The molecule has 1 saturated carbocycles. The number of hydrogen-bond acceptors (Lipinski definition) is 2. The Morgan fingerprint density at radius 3 is 2.80 bits per heavy atom. The van der Waals surface area contributed by atoms with E-state index in [4.69, 9.17) is 4.42 Å². The lowest BCUT2D eigenvalue weighted by Crippen LogP contribution is -2.28. The standard InChI is InChI=1S/C18H25NO/c1-4-9-19-18(13(3)14-6-7-14)17-11-15-10-12(2)5-8-16(15)20-17/h5,8,10-11,13-14,18-19H,4,6-7,9H2,1-3H3. The van der Waals surface area contributed by atoms with Gasteiger partial charge in [0.05, 0.1) is 6.04 Å². The molecule has 0 saturated heterocycles. The van der Waals surface area contributed by atoms with Gasteiger partial charge in [-0.2, -0.15) is 0 Å². The topological polar surface area (TPSA) is 25.2 Å². The van der Waals surface area contributed by atoms with Crippen molar-refractivity contribution in [3.8, 4) is 0 Å². The van der Waals surface area contributed by atoms with Crippen molar-refractivity contribution in [3.05, 3.63) is 35.6 Å². The Morgan fingerprint density at radius 2 is 2.10 bits per heavy atom. The summed E-state index contributed by atoms with van der Waals surface area (Å²) in [5, 5.41) is 4.92. The van der Waals surface area contributed by atoms with Gasteiger partial charge in [0.2, 0.25) is 0 Å². The predicted octanol–water partition coefficient (Wildman–Crippen LogP) is 4.83. The number of rotatable bonds is 6. The van der Waals surface area contributed by atoms with Crippen molar-refractivity contribution in [2.75, 3.05) is 6.54 Å². The summed E-state index contributed by atoms with van der Waals surface area (Å²) in [6.07, 6.45) is 3.92. The molecule has 2 atom stereocenters. The highest BCUT2D eigenvalue weighted by Crippen LogP contribution is 2.43. The van der Waals surface area contributed by atoms with Crippen molar-refractivity contribution < 1.29 is 4.42 Å². The van der Waals surface area contributed by atoms with Gasteiger partial charge in [0, 0.05) is 5.39 Å². The number of aryl methyl sites for hydroxylation is 1. The lowest BCUT2D eigenvalue weighted by atomic mass is 9.94. The highest BCUT2D eigenvalue weighted by Gasteiger charge is 2.35. The molecule has 1 fully saturated rings. The fourth-order valence-corrected chi connectivity index (χ4v) is 3.08. The van der Waals surface area contributed by atoms with Crippen LogP contribution in [0.4, 0.5) is 0 Å². The molecule has 108 valence electrons. The van der Waals surface area contributed by atoms with Gasteiger partial charge in [-0.25, -0.2) is 0 Å². The summed E-state index contributed by atoms with van der Waals surface area (Å²) in [5.74, 6) is 2.64. The second-order valence-electron chi connectivity index (χ2n) is 6.32. The van der Waals surface area contributed by atoms with Crippen LogP contribution in [0.1, 0.15) is 50.5 Å². The van der Waals surface area contributed by atoms with Crippen molar-refractivity contribution >= 4 is 11.0 Å². The van der Waals surface area contributed by atoms with Crippen LogP contribution in [0.5, 0.6) is 0 Å². The third kappa shape index (κ3) is 2.76. The molecular weight excluding hydrogens is 246 g/mol. The molecule has 2 unspecified atom stereocenters. The van der Waals surface area contributed by atoms with E-state index in [-0.39, 0.29) is 0 Å². The van der Waals surface area contributed by atoms with Gasteiger partial charge < -0.3 is 9.73 Å². The molecule has 0 radical (unpaired) electrons. The minimum atomic E-state index is 0.357. The summed E-state index contributed by atoms with van der Waals surface area (Å²) < 4.78 is 6.12. The van der Waals surface area contributed by atoms with E-state index in [0.29, 0.717) is 12.0 Å². The second kappa shape index (κ2) is 5.61. The van der Waals surface area contributed by atoms with Crippen LogP contribution in [-0.4, -0.2) is 6.54 Å². The molecular formula is C18H25NO. The lowest BCUT2D eigenvalue weighted by Gasteiger charge is -2.23. The summed E-state index contributed by atoms with van der Waals surface area (Å²) >= 11 is 0. The average molecular weight is 271 g/mol. The molecule has 2 heteroatoms. The van der Waals surface area contributed by atoms with Crippen LogP contribution in [-0.2, 0) is 0 Å². The summed E-state index contributed by atoms with van der Waals surface area (Å²) in [5.41, 5.74) is 2.30. The summed E-state index contributed by atoms with van der Waals surface area (Å²) in [4.78, 5) is 0. The lowest BCUT2D eigenvalue weighted by molar-refractivity contribution is 0.306. The maximum atomic E-state index is 6.12. The Bertz CT molecular complexity index is 582. The Morgan fingerprint density at radius 1 is 1.30 bits per heavy atom. The molecule has 2 aromatic rings. The predicted molar refractivity (Wildman–Crippen MR) is 83.9 cm³/mol. The molecule has 1 aliphatic carbocycles.